The fourth-order valence-electron chi connectivity index (χ4n) is 3.43. The summed E-state index contributed by atoms with van der Waals surface area (Å²) in [6.45, 7) is 0.867. The minimum Gasteiger partial charge on any atom is -0.381 e. The number of benzene rings is 1. The van der Waals surface area contributed by atoms with Crippen molar-refractivity contribution >= 4 is 17.3 Å². The van der Waals surface area contributed by atoms with Gasteiger partial charge in [0.05, 0.1) is 22.4 Å². The van der Waals surface area contributed by atoms with Crippen LogP contribution in [-0.4, -0.2) is 18.2 Å². The molecule has 1 unspecified atom stereocenters. The standard InChI is InChI=1S/C16H22ClNO/c17-14-6-2-3-7-15(14)18-12-13-8-11-16(19-13)9-4-1-5-10-16/h2-3,6-7,13,18H,1,4-5,8-12H2. The number of hydrogen-bond acceptors (Lipinski definition) is 2. The Hall–Kier alpha value is -0.730. The molecule has 1 saturated heterocycles. The minimum absolute atomic E-state index is 0.213. The van der Waals surface area contributed by atoms with Crippen molar-refractivity contribution in [3.05, 3.63) is 29.3 Å². The fraction of sp³-hybridized carbons (Fsp3) is 0.625. The Morgan fingerprint density at radius 2 is 1.95 bits per heavy atom. The predicted octanol–water partition coefficient (Wildman–Crippen LogP) is 4.63. The van der Waals surface area contributed by atoms with Crippen LogP contribution in [0.4, 0.5) is 5.69 Å². The summed E-state index contributed by atoms with van der Waals surface area (Å²) >= 11 is 6.15. The molecule has 1 atom stereocenters. The van der Waals surface area contributed by atoms with E-state index in [-0.39, 0.29) is 5.60 Å². The van der Waals surface area contributed by atoms with Crippen molar-refractivity contribution in [2.45, 2.75) is 56.7 Å². The lowest BCUT2D eigenvalue weighted by atomic mass is 9.83. The molecule has 1 heterocycles. The van der Waals surface area contributed by atoms with Gasteiger partial charge in [-0.15, -0.1) is 0 Å². The van der Waals surface area contributed by atoms with Gasteiger partial charge < -0.3 is 10.1 Å². The van der Waals surface area contributed by atoms with Gasteiger partial charge in [-0.1, -0.05) is 43.0 Å². The molecule has 19 heavy (non-hydrogen) atoms. The number of ether oxygens (including phenoxy) is 1. The second-order valence-corrected chi connectivity index (χ2v) is 6.29. The number of anilines is 1. The second kappa shape index (κ2) is 5.72. The Balaban J connectivity index is 1.53. The molecule has 1 aromatic carbocycles. The Labute approximate surface area is 120 Å². The molecule has 3 rings (SSSR count). The van der Waals surface area contributed by atoms with E-state index in [1.54, 1.807) is 0 Å². The van der Waals surface area contributed by atoms with Gasteiger partial charge in [0.15, 0.2) is 0 Å². The molecule has 0 bridgehead atoms. The molecule has 3 heteroatoms. The third-order valence-electron chi connectivity index (χ3n) is 4.50. The van der Waals surface area contributed by atoms with E-state index in [1.807, 2.05) is 24.3 Å². The van der Waals surface area contributed by atoms with Crippen LogP contribution in [0.15, 0.2) is 24.3 Å². The van der Waals surface area contributed by atoms with Crippen LogP contribution in [0.3, 0.4) is 0 Å². The summed E-state index contributed by atoms with van der Waals surface area (Å²) in [5, 5.41) is 4.20. The van der Waals surface area contributed by atoms with Gasteiger partial charge in [-0.2, -0.15) is 0 Å². The van der Waals surface area contributed by atoms with Crippen molar-refractivity contribution < 1.29 is 4.74 Å². The molecule has 104 valence electrons. The summed E-state index contributed by atoms with van der Waals surface area (Å²) < 4.78 is 6.35. The molecular formula is C16H22ClNO. The van der Waals surface area contributed by atoms with Crippen LogP contribution in [0.5, 0.6) is 0 Å². The lowest BCUT2D eigenvalue weighted by Gasteiger charge is -2.33. The van der Waals surface area contributed by atoms with Crippen LogP contribution in [-0.2, 0) is 4.74 Å². The average molecular weight is 280 g/mol. The monoisotopic (exact) mass is 279 g/mol. The van der Waals surface area contributed by atoms with Crippen LogP contribution < -0.4 is 5.32 Å². The molecule has 2 fully saturated rings. The van der Waals surface area contributed by atoms with E-state index in [4.69, 9.17) is 16.3 Å². The average Bonchev–Trinajstić information content (AvgIpc) is 2.82. The fourth-order valence-corrected chi connectivity index (χ4v) is 3.63. The third-order valence-corrected chi connectivity index (χ3v) is 4.83. The summed E-state index contributed by atoms with van der Waals surface area (Å²) in [7, 11) is 0. The first kappa shape index (κ1) is 13.3. The van der Waals surface area contributed by atoms with Gasteiger partial charge >= 0.3 is 0 Å². The topological polar surface area (TPSA) is 21.3 Å². The lowest BCUT2D eigenvalue weighted by molar-refractivity contribution is -0.0588. The highest BCUT2D eigenvalue weighted by Crippen LogP contribution is 2.41. The maximum absolute atomic E-state index is 6.35. The van der Waals surface area contributed by atoms with Crippen LogP contribution in [0.1, 0.15) is 44.9 Å². The van der Waals surface area contributed by atoms with Crippen molar-refractivity contribution in [3.63, 3.8) is 0 Å². The van der Waals surface area contributed by atoms with Crippen molar-refractivity contribution in [1.29, 1.82) is 0 Å². The minimum atomic E-state index is 0.213. The van der Waals surface area contributed by atoms with Gasteiger partial charge in [0.1, 0.15) is 0 Å². The van der Waals surface area contributed by atoms with E-state index < -0.39 is 0 Å². The Kier molecular flexibility index (Phi) is 3.99. The molecule has 0 amide bonds. The molecule has 2 aliphatic rings. The molecule has 1 saturated carbocycles. The quantitative estimate of drug-likeness (QED) is 0.871. The van der Waals surface area contributed by atoms with E-state index in [0.717, 1.165) is 17.3 Å². The first-order valence-corrected chi connectivity index (χ1v) is 7.81. The number of para-hydroxylation sites is 1. The van der Waals surface area contributed by atoms with E-state index >= 15 is 0 Å². The highest BCUT2D eigenvalue weighted by Gasteiger charge is 2.40. The molecular weight excluding hydrogens is 258 g/mol. The van der Waals surface area contributed by atoms with Gasteiger partial charge in [0.2, 0.25) is 0 Å². The third kappa shape index (κ3) is 3.06. The highest BCUT2D eigenvalue weighted by molar-refractivity contribution is 6.33. The number of rotatable bonds is 3. The van der Waals surface area contributed by atoms with Gasteiger partial charge in [0, 0.05) is 6.54 Å². The van der Waals surface area contributed by atoms with E-state index in [0.29, 0.717) is 6.10 Å². The first-order valence-electron chi connectivity index (χ1n) is 7.44. The second-order valence-electron chi connectivity index (χ2n) is 5.88. The Morgan fingerprint density at radius 3 is 2.74 bits per heavy atom. The molecule has 1 aromatic rings. The molecule has 0 aromatic heterocycles. The van der Waals surface area contributed by atoms with Crippen molar-refractivity contribution in [2.24, 2.45) is 0 Å². The van der Waals surface area contributed by atoms with Gasteiger partial charge in [0.25, 0.3) is 0 Å². The summed E-state index contributed by atoms with van der Waals surface area (Å²) in [6.07, 6.45) is 9.34. The molecule has 1 N–H and O–H groups in total. The van der Waals surface area contributed by atoms with Gasteiger partial charge in [-0.3, -0.25) is 0 Å². The van der Waals surface area contributed by atoms with Crippen LogP contribution in [0.2, 0.25) is 5.02 Å². The number of hydrogen-bond donors (Lipinski definition) is 1. The normalized spacial score (nSPS) is 25.6. The molecule has 0 radical (unpaired) electrons. The summed E-state index contributed by atoms with van der Waals surface area (Å²) in [5.41, 5.74) is 1.22. The largest absolute Gasteiger partial charge is 0.381 e. The highest BCUT2D eigenvalue weighted by atomic mass is 35.5. The van der Waals surface area contributed by atoms with Crippen molar-refractivity contribution in [2.75, 3.05) is 11.9 Å². The smallest absolute Gasteiger partial charge is 0.0756 e. The maximum Gasteiger partial charge on any atom is 0.0756 e. The zero-order valence-corrected chi connectivity index (χ0v) is 12.1. The first-order chi connectivity index (χ1) is 9.27. The molecule has 1 spiro atoms. The maximum atomic E-state index is 6.35. The van der Waals surface area contributed by atoms with Crippen LogP contribution in [0.25, 0.3) is 0 Å². The molecule has 1 aliphatic heterocycles. The SMILES string of the molecule is Clc1ccccc1NCC1CCC2(CCCCC2)O1. The van der Waals surface area contributed by atoms with Gasteiger partial charge in [-0.25, -0.2) is 0 Å². The van der Waals surface area contributed by atoms with Crippen LogP contribution >= 0.6 is 11.6 Å². The van der Waals surface area contributed by atoms with Crippen LogP contribution in [0, 0.1) is 0 Å². The zero-order valence-electron chi connectivity index (χ0n) is 11.3. The number of halogens is 1. The summed E-state index contributed by atoms with van der Waals surface area (Å²) in [6, 6.07) is 7.90. The number of nitrogens with one attached hydrogen (secondary N) is 1. The van der Waals surface area contributed by atoms with E-state index in [9.17, 15) is 0 Å². The predicted molar refractivity (Wildman–Crippen MR) is 79.9 cm³/mol. The zero-order chi connectivity index (χ0) is 13.1. The van der Waals surface area contributed by atoms with E-state index in [2.05, 4.69) is 5.32 Å². The molecule has 2 nitrogen and oxygen atoms in total. The summed E-state index contributed by atoms with van der Waals surface area (Å²) in [4.78, 5) is 0. The van der Waals surface area contributed by atoms with Crippen molar-refractivity contribution in [3.8, 4) is 0 Å². The Bertz CT molecular complexity index is 429. The van der Waals surface area contributed by atoms with Crippen molar-refractivity contribution in [1.82, 2.24) is 0 Å². The van der Waals surface area contributed by atoms with E-state index in [1.165, 1.54) is 44.9 Å². The molecule has 1 aliphatic carbocycles. The lowest BCUT2D eigenvalue weighted by Crippen LogP contribution is -2.33. The summed E-state index contributed by atoms with van der Waals surface area (Å²) in [5.74, 6) is 0. The Morgan fingerprint density at radius 1 is 1.16 bits per heavy atom. The van der Waals surface area contributed by atoms with Gasteiger partial charge in [-0.05, 0) is 37.8 Å².